The van der Waals surface area contributed by atoms with Crippen molar-refractivity contribution in [2.75, 3.05) is 5.32 Å². The predicted octanol–water partition coefficient (Wildman–Crippen LogP) is 3.14. The molecule has 0 saturated carbocycles. The molecule has 0 fully saturated rings. The molecule has 0 radical (unpaired) electrons. The molecule has 8 heteroatoms. The van der Waals surface area contributed by atoms with Gasteiger partial charge in [-0.1, -0.05) is 41.4 Å². The molecule has 0 saturated heterocycles. The fourth-order valence-corrected chi connectivity index (χ4v) is 2.56. The number of halogens is 1. The van der Waals surface area contributed by atoms with Crippen molar-refractivity contribution in [3.63, 3.8) is 0 Å². The molecule has 1 amide bonds. The molecule has 0 aliphatic carbocycles. The summed E-state index contributed by atoms with van der Waals surface area (Å²) in [5.74, 6) is 0.0318. The van der Waals surface area contributed by atoms with E-state index < -0.39 is 0 Å². The summed E-state index contributed by atoms with van der Waals surface area (Å²) in [6.45, 7) is 3.36. The van der Waals surface area contributed by atoms with Gasteiger partial charge in [-0.05, 0) is 30.3 Å². The number of tetrazole rings is 1. The molecule has 0 aliphatic rings. The van der Waals surface area contributed by atoms with Gasteiger partial charge in [0.05, 0.1) is 10.7 Å². The van der Waals surface area contributed by atoms with E-state index in [1.54, 1.807) is 30.3 Å². The first-order valence-electron chi connectivity index (χ1n) is 7.87. The van der Waals surface area contributed by atoms with Gasteiger partial charge in [0, 0.05) is 18.1 Å². The Kier molecular flexibility index (Phi) is 5.09. The zero-order valence-electron chi connectivity index (χ0n) is 14.2. The van der Waals surface area contributed by atoms with E-state index in [1.807, 2.05) is 19.1 Å². The number of hydrogen-bond donors (Lipinski definition) is 1. The standard InChI is InChI=1S/C18H16ClN5O2/c1-11-3-5-13(6-4-11)17(26)10-24-22-18(21-23-24)14-7-8-16(15(19)9-14)20-12(2)25/h3-9H,10H2,1-2H3,(H,20,25). The molecule has 0 atom stereocenters. The van der Waals surface area contributed by atoms with Gasteiger partial charge in [0.1, 0.15) is 6.54 Å². The summed E-state index contributed by atoms with van der Waals surface area (Å²) >= 11 is 6.16. The van der Waals surface area contributed by atoms with Crippen LogP contribution in [0.25, 0.3) is 11.4 Å². The zero-order valence-corrected chi connectivity index (χ0v) is 15.0. The van der Waals surface area contributed by atoms with Gasteiger partial charge < -0.3 is 5.32 Å². The number of hydrogen-bond acceptors (Lipinski definition) is 5. The van der Waals surface area contributed by atoms with Crippen molar-refractivity contribution >= 4 is 29.0 Å². The van der Waals surface area contributed by atoms with Crippen LogP contribution in [-0.4, -0.2) is 31.9 Å². The molecule has 2 aromatic carbocycles. The summed E-state index contributed by atoms with van der Waals surface area (Å²) in [4.78, 5) is 24.6. The number of carbonyl (C=O) groups excluding carboxylic acids is 2. The van der Waals surface area contributed by atoms with E-state index >= 15 is 0 Å². The highest BCUT2D eigenvalue weighted by molar-refractivity contribution is 6.34. The second-order valence-electron chi connectivity index (χ2n) is 5.81. The fourth-order valence-electron chi connectivity index (χ4n) is 2.33. The third-order valence-electron chi connectivity index (χ3n) is 3.65. The van der Waals surface area contributed by atoms with Gasteiger partial charge in [0.25, 0.3) is 0 Å². The van der Waals surface area contributed by atoms with Crippen molar-refractivity contribution in [3.8, 4) is 11.4 Å². The molecular formula is C18H16ClN5O2. The predicted molar refractivity (Wildman–Crippen MR) is 98.1 cm³/mol. The maximum absolute atomic E-state index is 12.3. The minimum absolute atomic E-state index is 0.00618. The topological polar surface area (TPSA) is 89.8 Å². The maximum atomic E-state index is 12.3. The Morgan fingerprint density at radius 3 is 2.54 bits per heavy atom. The number of carbonyl (C=O) groups is 2. The van der Waals surface area contributed by atoms with Crippen molar-refractivity contribution in [2.45, 2.75) is 20.4 Å². The van der Waals surface area contributed by atoms with Crippen molar-refractivity contribution in [3.05, 3.63) is 58.6 Å². The highest BCUT2D eigenvalue weighted by Gasteiger charge is 2.12. The first kappa shape index (κ1) is 17.8. The van der Waals surface area contributed by atoms with E-state index in [1.165, 1.54) is 11.7 Å². The Morgan fingerprint density at radius 1 is 1.15 bits per heavy atom. The third kappa shape index (κ3) is 4.12. The highest BCUT2D eigenvalue weighted by atomic mass is 35.5. The van der Waals surface area contributed by atoms with Gasteiger partial charge in [-0.15, -0.1) is 10.2 Å². The smallest absolute Gasteiger partial charge is 0.221 e. The van der Waals surface area contributed by atoms with Crippen molar-refractivity contribution in [1.29, 1.82) is 0 Å². The average Bonchev–Trinajstić information content (AvgIpc) is 3.05. The molecule has 1 N–H and O–H groups in total. The maximum Gasteiger partial charge on any atom is 0.221 e. The van der Waals surface area contributed by atoms with Gasteiger partial charge in [-0.2, -0.15) is 4.80 Å². The zero-order chi connectivity index (χ0) is 18.7. The van der Waals surface area contributed by atoms with Crippen LogP contribution in [0.1, 0.15) is 22.8 Å². The van der Waals surface area contributed by atoms with Gasteiger partial charge in [-0.25, -0.2) is 0 Å². The van der Waals surface area contributed by atoms with Crippen LogP contribution in [0.3, 0.4) is 0 Å². The second kappa shape index (κ2) is 7.45. The average molecular weight is 370 g/mol. The molecule has 1 aromatic heterocycles. The van der Waals surface area contributed by atoms with Crippen LogP contribution >= 0.6 is 11.6 Å². The van der Waals surface area contributed by atoms with E-state index in [9.17, 15) is 9.59 Å². The lowest BCUT2D eigenvalue weighted by atomic mass is 10.1. The number of anilines is 1. The quantitative estimate of drug-likeness (QED) is 0.698. The lowest BCUT2D eigenvalue weighted by Crippen LogP contribution is -2.13. The number of Topliss-reactive ketones (excluding diaryl/α,β-unsaturated/α-hetero) is 1. The largest absolute Gasteiger partial charge is 0.325 e. The van der Waals surface area contributed by atoms with Crippen molar-refractivity contribution in [1.82, 2.24) is 20.2 Å². The Morgan fingerprint density at radius 2 is 1.88 bits per heavy atom. The van der Waals surface area contributed by atoms with Crippen LogP contribution in [0.5, 0.6) is 0 Å². The van der Waals surface area contributed by atoms with Crippen LogP contribution in [0.2, 0.25) is 5.02 Å². The van der Waals surface area contributed by atoms with E-state index in [0.717, 1.165) is 5.56 Å². The highest BCUT2D eigenvalue weighted by Crippen LogP contribution is 2.26. The lowest BCUT2D eigenvalue weighted by Gasteiger charge is -2.05. The number of benzene rings is 2. The van der Waals surface area contributed by atoms with Crippen LogP contribution in [-0.2, 0) is 11.3 Å². The first-order chi connectivity index (χ1) is 12.4. The minimum Gasteiger partial charge on any atom is -0.325 e. The van der Waals surface area contributed by atoms with Crippen molar-refractivity contribution < 1.29 is 9.59 Å². The van der Waals surface area contributed by atoms with Crippen LogP contribution < -0.4 is 5.32 Å². The molecule has 3 rings (SSSR count). The Labute approximate surface area is 155 Å². The SMILES string of the molecule is CC(=O)Nc1ccc(-c2nnn(CC(=O)c3ccc(C)cc3)n2)cc1Cl. The summed E-state index contributed by atoms with van der Waals surface area (Å²) in [6, 6.07) is 12.3. The number of aryl methyl sites for hydroxylation is 1. The fraction of sp³-hybridized carbons (Fsp3) is 0.167. The van der Waals surface area contributed by atoms with E-state index in [2.05, 4.69) is 20.7 Å². The van der Waals surface area contributed by atoms with E-state index in [0.29, 0.717) is 27.7 Å². The molecular weight excluding hydrogens is 354 g/mol. The van der Waals surface area contributed by atoms with E-state index in [-0.39, 0.29) is 18.2 Å². The van der Waals surface area contributed by atoms with Gasteiger partial charge in [-0.3, -0.25) is 9.59 Å². The molecule has 3 aromatic rings. The molecule has 1 heterocycles. The summed E-state index contributed by atoms with van der Waals surface area (Å²) in [6.07, 6.45) is 0. The number of aromatic nitrogens is 4. The van der Waals surface area contributed by atoms with Crippen LogP contribution in [0.4, 0.5) is 5.69 Å². The van der Waals surface area contributed by atoms with Gasteiger partial charge in [0.2, 0.25) is 11.7 Å². The molecule has 26 heavy (non-hydrogen) atoms. The molecule has 132 valence electrons. The molecule has 0 unspecified atom stereocenters. The molecule has 0 bridgehead atoms. The van der Waals surface area contributed by atoms with Crippen LogP contribution in [0.15, 0.2) is 42.5 Å². The number of rotatable bonds is 5. The number of amides is 1. The van der Waals surface area contributed by atoms with Gasteiger partial charge in [0.15, 0.2) is 5.78 Å². The monoisotopic (exact) mass is 369 g/mol. The lowest BCUT2D eigenvalue weighted by molar-refractivity contribution is -0.114. The number of nitrogens with one attached hydrogen (secondary N) is 1. The summed E-state index contributed by atoms with van der Waals surface area (Å²) in [5.41, 5.74) is 2.82. The minimum atomic E-state index is -0.210. The molecule has 0 spiro atoms. The molecule has 0 aliphatic heterocycles. The summed E-state index contributed by atoms with van der Waals surface area (Å²) in [5, 5.41) is 15.1. The Balaban J connectivity index is 1.75. The Hall–Kier alpha value is -3.06. The number of nitrogens with zero attached hydrogens (tertiary/aromatic N) is 4. The van der Waals surface area contributed by atoms with Gasteiger partial charge >= 0.3 is 0 Å². The third-order valence-corrected chi connectivity index (χ3v) is 3.96. The second-order valence-corrected chi connectivity index (χ2v) is 6.22. The molecule has 7 nitrogen and oxygen atoms in total. The van der Waals surface area contributed by atoms with Crippen molar-refractivity contribution in [2.24, 2.45) is 0 Å². The first-order valence-corrected chi connectivity index (χ1v) is 8.25. The summed E-state index contributed by atoms with van der Waals surface area (Å²) < 4.78 is 0. The number of ketones is 1. The Bertz CT molecular complexity index is 966. The van der Waals surface area contributed by atoms with E-state index in [4.69, 9.17) is 11.6 Å². The van der Waals surface area contributed by atoms with Crippen LogP contribution in [0, 0.1) is 6.92 Å². The normalized spacial score (nSPS) is 10.6. The summed E-state index contributed by atoms with van der Waals surface area (Å²) in [7, 11) is 0.